The first-order chi connectivity index (χ1) is 10.5. The molecule has 1 atom stereocenters. The van der Waals surface area contributed by atoms with Gasteiger partial charge in [0, 0.05) is 13.1 Å². The Kier molecular flexibility index (Phi) is 5.38. The van der Waals surface area contributed by atoms with E-state index in [1.54, 1.807) is 11.8 Å². The molecule has 6 heteroatoms. The van der Waals surface area contributed by atoms with Gasteiger partial charge in [0.15, 0.2) is 0 Å². The lowest BCUT2D eigenvalue weighted by Gasteiger charge is -2.20. The Hall–Kier alpha value is -2.08. The number of likely N-dealkylation sites (tertiary alicyclic amines) is 1. The number of nitrogens with zero attached hydrogens (tertiary/aromatic N) is 1. The number of carbonyl (C=O) groups is 2. The van der Waals surface area contributed by atoms with Crippen molar-refractivity contribution >= 4 is 11.9 Å². The summed E-state index contributed by atoms with van der Waals surface area (Å²) in [5.41, 5.74) is -0.841. The van der Waals surface area contributed by atoms with E-state index in [4.69, 9.17) is 14.6 Å². The fraction of sp³-hybridized carbons (Fsp3) is 0.500. The number of para-hydroxylation sites is 1. The van der Waals surface area contributed by atoms with Crippen LogP contribution in [0.15, 0.2) is 30.3 Å². The van der Waals surface area contributed by atoms with Crippen LogP contribution < -0.4 is 4.74 Å². The summed E-state index contributed by atoms with van der Waals surface area (Å²) in [4.78, 5) is 24.6. The molecule has 0 bridgehead atoms. The summed E-state index contributed by atoms with van der Waals surface area (Å²) in [6, 6.07) is 9.37. The quantitative estimate of drug-likeness (QED) is 0.771. The number of carboxylic acid groups (broad SMARTS) is 1. The second kappa shape index (κ2) is 7.26. The van der Waals surface area contributed by atoms with Gasteiger partial charge in [-0.25, -0.2) is 0 Å². The van der Waals surface area contributed by atoms with Crippen molar-refractivity contribution in [3.8, 4) is 5.75 Å². The highest BCUT2D eigenvalue weighted by molar-refractivity contribution is 5.81. The molecule has 1 aliphatic rings. The van der Waals surface area contributed by atoms with Gasteiger partial charge in [-0.05, 0) is 25.5 Å². The van der Waals surface area contributed by atoms with Crippen molar-refractivity contribution in [3.05, 3.63) is 30.3 Å². The molecule has 0 radical (unpaired) electrons. The van der Waals surface area contributed by atoms with E-state index in [0.717, 1.165) is 5.75 Å². The Balaban J connectivity index is 1.63. The summed E-state index contributed by atoms with van der Waals surface area (Å²) in [7, 11) is 0. The van der Waals surface area contributed by atoms with Gasteiger partial charge in [-0.3, -0.25) is 9.59 Å². The molecule has 1 aromatic rings. The van der Waals surface area contributed by atoms with Gasteiger partial charge in [0.25, 0.3) is 0 Å². The third kappa shape index (κ3) is 4.21. The Bertz CT molecular complexity index is 519. The monoisotopic (exact) mass is 307 g/mol. The molecule has 0 aliphatic carbocycles. The predicted molar refractivity (Wildman–Crippen MR) is 79.7 cm³/mol. The van der Waals surface area contributed by atoms with Gasteiger partial charge in [0.05, 0.1) is 12.0 Å². The first-order valence-electron chi connectivity index (χ1n) is 7.28. The van der Waals surface area contributed by atoms with Gasteiger partial charge in [0.1, 0.15) is 19.0 Å². The molecule has 6 nitrogen and oxygen atoms in total. The van der Waals surface area contributed by atoms with Gasteiger partial charge in [-0.1, -0.05) is 18.2 Å². The number of ether oxygens (including phenoxy) is 2. The number of carboxylic acids is 1. The topological polar surface area (TPSA) is 76.1 Å². The minimum Gasteiger partial charge on any atom is -0.491 e. The highest BCUT2D eigenvalue weighted by atomic mass is 16.5. The SMILES string of the molecule is C[C@@]1(C(=O)O)CCN(C(=O)COCCOc2ccccc2)C1. The average molecular weight is 307 g/mol. The van der Waals surface area contributed by atoms with E-state index >= 15 is 0 Å². The normalized spacial score (nSPS) is 20.9. The second-order valence-corrected chi connectivity index (χ2v) is 5.65. The fourth-order valence-electron chi connectivity index (χ4n) is 2.33. The Morgan fingerprint density at radius 3 is 2.64 bits per heavy atom. The number of hydrogen-bond acceptors (Lipinski definition) is 4. The summed E-state index contributed by atoms with van der Waals surface area (Å²) in [5, 5.41) is 9.14. The predicted octanol–water partition coefficient (Wildman–Crippen LogP) is 1.41. The summed E-state index contributed by atoms with van der Waals surface area (Å²) >= 11 is 0. The van der Waals surface area contributed by atoms with Crippen molar-refractivity contribution in [1.29, 1.82) is 0 Å². The zero-order valence-electron chi connectivity index (χ0n) is 12.7. The highest BCUT2D eigenvalue weighted by Crippen LogP contribution is 2.29. The number of rotatable bonds is 7. The van der Waals surface area contributed by atoms with Gasteiger partial charge < -0.3 is 19.5 Å². The van der Waals surface area contributed by atoms with Crippen LogP contribution in [-0.2, 0) is 14.3 Å². The molecule has 0 spiro atoms. The fourth-order valence-corrected chi connectivity index (χ4v) is 2.33. The minimum atomic E-state index is -0.861. The van der Waals surface area contributed by atoms with Crippen molar-refractivity contribution in [1.82, 2.24) is 4.90 Å². The van der Waals surface area contributed by atoms with Gasteiger partial charge in [0.2, 0.25) is 5.91 Å². The molecule has 0 aromatic heterocycles. The Morgan fingerprint density at radius 2 is 2.00 bits per heavy atom. The zero-order chi connectivity index (χ0) is 16.0. The van der Waals surface area contributed by atoms with E-state index in [9.17, 15) is 9.59 Å². The molecule has 1 heterocycles. The maximum absolute atomic E-state index is 12.0. The largest absolute Gasteiger partial charge is 0.491 e. The van der Waals surface area contributed by atoms with E-state index in [1.165, 1.54) is 0 Å². The molecule has 1 aliphatic heterocycles. The van der Waals surface area contributed by atoms with Crippen LogP contribution >= 0.6 is 0 Å². The van der Waals surface area contributed by atoms with E-state index < -0.39 is 11.4 Å². The Labute approximate surface area is 129 Å². The molecular formula is C16H21NO5. The third-order valence-electron chi connectivity index (χ3n) is 3.81. The smallest absolute Gasteiger partial charge is 0.311 e. The average Bonchev–Trinajstić information content (AvgIpc) is 2.92. The van der Waals surface area contributed by atoms with E-state index in [-0.39, 0.29) is 19.1 Å². The van der Waals surface area contributed by atoms with Crippen LogP contribution in [0.3, 0.4) is 0 Å². The van der Waals surface area contributed by atoms with Crippen LogP contribution in [0.2, 0.25) is 0 Å². The lowest BCUT2D eigenvalue weighted by Crippen LogP contribution is -2.36. The lowest BCUT2D eigenvalue weighted by atomic mass is 9.90. The standard InChI is InChI=1S/C16H21NO5/c1-16(15(19)20)7-8-17(12-16)14(18)11-21-9-10-22-13-5-3-2-4-6-13/h2-6H,7-12H2,1H3,(H,19,20)/t16-/m1/s1. The molecule has 120 valence electrons. The van der Waals surface area contributed by atoms with Crippen LogP contribution in [-0.4, -0.2) is 54.8 Å². The van der Waals surface area contributed by atoms with Crippen LogP contribution in [0.1, 0.15) is 13.3 Å². The van der Waals surface area contributed by atoms with Crippen molar-refractivity contribution in [2.45, 2.75) is 13.3 Å². The summed E-state index contributed by atoms with van der Waals surface area (Å²) in [6.07, 6.45) is 0.477. The van der Waals surface area contributed by atoms with Crippen molar-refractivity contribution in [2.75, 3.05) is 32.9 Å². The van der Waals surface area contributed by atoms with Gasteiger partial charge >= 0.3 is 5.97 Å². The summed E-state index contributed by atoms with van der Waals surface area (Å²) in [5.74, 6) is -0.279. The van der Waals surface area contributed by atoms with Crippen LogP contribution in [0.4, 0.5) is 0 Å². The first kappa shape index (κ1) is 16.3. The molecule has 2 rings (SSSR count). The number of hydrogen-bond donors (Lipinski definition) is 1. The Morgan fingerprint density at radius 1 is 1.27 bits per heavy atom. The maximum Gasteiger partial charge on any atom is 0.311 e. The molecule has 0 unspecified atom stereocenters. The lowest BCUT2D eigenvalue weighted by molar-refractivity contribution is -0.147. The number of aliphatic carboxylic acids is 1. The van der Waals surface area contributed by atoms with Crippen LogP contribution in [0, 0.1) is 5.41 Å². The summed E-state index contributed by atoms with van der Waals surface area (Å²) in [6.45, 7) is 3.00. The van der Waals surface area contributed by atoms with E-state index in [2.05, 4.69) is 0 Å². The number of carbonyl (C=O) groups excluding carboxylic acids is 1. The molecule has 1 amide bonds. The van der Waals surface area contributed by atoms with Crippen molar-refractivity contribution in [3.63, 3.8) is 0 Å². The summed E-state index contributed by atoms with van der Waals surface area (Å²) < 4.78 is 10.7. The zero-order valence-corrected chi connectivity index (χ0v) is 12.7. The molecule has 1 fully saturated rings. The van der Waals surface area contributed by atoms with Crippen LogP contribution in [0.25, 0.3) is 0 Å². The van der Waals surface area contributed by atoms with Crippen molar-refractivity contribution < 1.29 is 24.2 Å². The maximum atomic E-state index is 12.0. The minimum absolute atomic E-state index is 0.0478. The number of amides is 1. The molecule has 1 saturated heterocycles. The molecular weight excluding hydrogens is 286 g/mol. The second-order valence-electron chi connectivity index (χ2n) is 5.65. The third-order valence-corrected chi connectivity index (χ3v) is 3.81. The van der Waals surface area contributed by atoms with E-state index in [1.807, 2.05) is 30.3 Å². The van der Waals surface area contributed by atoms with Gasteiger partial charge in [-0.15, -0.1) is 0 Å². The van der Waals surface area contributed by atoms with Crippen LogP contribution in [0.5, 0.6) is 5.75 Å². The highest BCUT2D eigenvalue weighted by Gasteiger charge is 2.41. The first-order valence-corrected chi connectivity index (χ1v) is 7.28. The molecule has 1 aromatic carbocycles. The van der Waals surface area contributed by atoms with Gasteiger partial charge in [-0.2, -0.15) is 0 Å². The molecule has 1 N–H and O–H groups in total. The van der Waals surface area contributed by atoms with E-state index in [0.29, 0.717) is 26.2 Å². The number of benzene rings is 1. The molecule has 22 heavy (non-hydrogen) atoms. The van der Waals surface area contributed by atoms with Crippen molar-refractivity contribution in [2.24, 2.45) is 5.41 Å². The molecule has 0 saturated carbocycles.